The Morgan fingerprint density at radius 3 is 2.63 bits per heavy atom. The number of nitrogens with zero attached hydrogens (tertiary/aromatic N) is 2. The normalized spacial score (nSPS) is 11.1. The Morgan fingerprint density at radius 1 is 1.07 bits per heavy atom. The van der Waals surface area contributed by atoms with Gasteiger partial charge >= 0.3 is 0 Å². The molecule has 2 heterocycles. The highest BCUT2D eigenvalue weighted by Gasteiger charge is 2.18. The van der Waals surface area contributed by atoms with Gasteiger partial charge in [-0.15, -0.1) is 0 Å². The van der Waals surface area contributed by atoms with E-state index in [-0.39, 0.29) is 23.8 Å². The molecule has 2 aromatic heterocycles. The summed E-state index contributed by atoms with van der Waals surface area (Å²) in [4.78, 5) is 17.7. The molecule has 0 radical (unpaired) electrons. The van der Waals surface area contributed by atoms with E-state index in [9.17, 15) is 9.90 Å². The number of anilines is 1. The van der Waals surface area contributed by atoms with Crippen molar-refractivity contribution < 1.29 is 9.90 Å². The fourth-order valence-corrected chi connectivity index (χ4v) is 3.61. The number of carbonyl (C=O) groups excluding carboxylic acids is 1. The molecule has 2 N–H and O–H groups in total. The largest absolute Gasteiger partial charge is 0.506 e. The quantitative estimate of drug-likeness (QED) is 0.431. The zero-order valence-corrected chi connectivity index (χ0v) is 17.8. The van der Waals surface area contributed by atoms with Gasteiger partial charge in [-0.25, -0.2) is 4.98 Å². The van der Waals surface area contributed by atoms with E-state index in [0.717, 1.165) is 28.2 Å². The van der Waals surface area contributed by atoms with Crippen molar-refractivity contribution in [2.24, 2.45) is 0 Å². The Hall–Kier alpha value is -3.31. The molecule has 0 saturated heterocycles. The van der Waals surface area contributed by atoms with Gasteiger partial charge < -0.3 is 14.8 Å². The highest BCUT2D eigenvalue weighted by molar-refractivity contribution is 6.31. The standard InChI is InChI=1S/C24H22ClN3O2/c1-14-8-9-28-20(13-23(30)26-19-12-18(25)6-7-21(19)29)24(27-22(28)10-14)17-5-4-15(2)16(3)11-17/h4-12,29H,13H2,1-3H3,(H,26,30). The van der Waals surface area contributed by atoms with Crippen molar-refractivity contribution in [3.63, 3.8) is 0 Å². The minimum atomic E-state index is -0.264. The van der Waals surface area contributed by atoms with Crippen LogP contribution in [0.1, 0.15) is 22.4 Å². The summed E-state index contributed by atoms with van der Waals surface area (Å²) in [5, 5.41) is 13.2. The molecule has 0 atom stereocenters. The average molecular weight is 420 g/mol. The van der Waals surface area contributed by atoms with Gasteiger partial charge in [0.05, 0.1) is 23.5 Å². The molecule has 4 rings (SSSR count). The third-order valence-corrected chi connectivity index (χ3v) is 5.46. The molecule has 0 unspecified atom stereocenters. The van der Waals surface area contributed by atoms with E-state index in [0.29, 0.717) is 5.02 Å². The molecule has 2 aromatic carbocycles. The third kappa shape index (κ3) is 3.89. The molecule has 6 heteroatoms. The smallest absolute Gasteiger partial charge is 0.230 e. The minimum Gasteiger partial charge on any atom is -0.506 e. The molecular weight excluding hydrogens is 398 g/mol. The Kier molecular flexibility index (Phi) is 5.22. The summed E-state index contributed by atoms with van der Waals surface area (Å²) in [7, 11) is 0. The number of imidazole rings is 1. The average Bonchev–Trinajstić information content (AvgIpc) is 3.04. The zero-order chi connectivity index (χ0) is 21.4. The van der Waals surface area contributed by atoms with Crippen molar-refractivity contribution in [1.82, 2.24) is 9.38 Å². The van der Waals surface area contributed by atoms with Crippen molar-refractivity contribution in [3.8, 4) is 17.0 Å². The topological polar surface area (TPSA) is 66.6 Å². The number of halogens is 1. The highest BCUT2D eigenvalue weighted by atomic mass is 35.5. The van der Waals surface area contributed by atoms with Crippen LogP contribution in [0.2, 0.25) is 5.02 Å². The Bertz CT molecular complexity index is 1280. The number of fused-ring (bicyclic) bond motifs is 1. The molecule has 4 aromatic rings. The van der Waals surface area contributed by atoms with Crippen LogP contribution in [-0.2, 0) is 11.2 Å². The lowest BCUT2D eigenvalue weighted by atomic mass is 10.0. The summed E-state index contributed by atoms with van der Waals surface area (Å²) in [6.07, 6.45) is 2.03. The van der Waals surface area contributed by atoms with E-state index < -0.39 is 0 Å². The lowest BCUT2D eigenvalue weighted by Crippen LogP contribution is -2.16. The maximum absolute atomic E-state index is 12.9. The summed E-state index contributed by atoms with van der Waals surface area (Å²) in [6.45, 7) is 6.14. The number of rotatable bonds is 4. The van der Waals surface area contributed by atoms with Crippen LogP contribution in [-0.4, -0.2) is 20.4 Å². The van der Waals surface area contributed by atoms with Gasteiger partial charge in [0.1, 0.15) is 11.4 Å². The van der Waals surface area contributed by atoms with Crippen molar-refractivity contribution in [3.05, 3.63) is 82.1 Å². The molecule has 0 aliphatic carbocycles. The van der Waals surface area contributed by atoms with Gasteiger partial charge in [0.2, 0.25) is 5.91 Å². The molecule has 0 saturated carbocycles. The van der Waals surface area contributed by atoms with Crippen molar-refractivity contribution in [2.75, 3.05) is 5.32 Å². The molecule has 0 spiro atoms. The molecule has 0 bridgehead atoms. The van der Waals surface area contributed by atoms with Crippen LogP contribution in [0, 0.1) is 20.8 Å². The molecule has 152 valence electrons. The molecule has 0 fully saturated rings. The van der Waals surface area contributed by atoms with Crippen LogP contribution >= 0.6 is 11.6 Å². The number of carbonyl (C=O) groups is 1. The molecule has 5 nitrogen and oxygen atoms in total. The summed E-state index contributed by atoms with van der Waals surface area (Å²) in [6, 6.07) is 14.7. The van der Waals surface area contributed by atoms with Crippen LogP contribution in [0.4, 0.5) is 5.69 Å². The van der Waals surface area contributed by atoms with Crippen LogP contribution in [0.3, 0.4) is 0 Å². The number of phenolic OH excluding ortho intramolecular Hbond substituents is 1. The van der Waals surface area contributed by atoms with E-state index in [2.05, 4.69) is 31.3 Å². The van der Waals surface area contributed by atoms with Crippen LogP contribution in [0.5, 0.6) is 5.75 Å². The van der Waals surface area contributed by atoms with Crippen molar-refractivity contribution in [2.45, 2.75) is 27.2 Å². The number of nitrogens with one attached hydrogen (secondary N) is 1. The fourth-order valence-electron chi connectivity index (χ4n) is 3.44. The van der Waals surface area contributed by atoms with Crippen LogP contribution in [0.15, 0.2) is 54.7 Å². The van der Waals surface area contributed by atoms with Gasteiger partial charge in [-0.2, -0.15) is 0 Å². The number of aryl methyl sites for hydroxylation is 3. The van der Waals surface area contributed by atoms with E-state index in [1.54, 1.807) is 6.07 Å². The number of aromatic nitrogens is 2. The monoisotopic (exact) mass is 419 g/mol. The second-order valence-corrected chi connectivity index (χ2v) is 7.96. The van der Waals surface area contributed by atoms with E-state index in [1.807, 2.05) is 35.7 Å². The Balaban J connectivity index is 1.75. The van der Waals surface area contributed by atoms with Gasteiger partial charge in [-0.3, -0.25) is 4.79 Å². The zero-order valence-electron chi connectivity index (χ0n) is 17.0. The number of hydrogen-bond acceptors (Lipinski definition) is 3. The first-order valence-corrected chi connectivity index (χ1v) is 10.0. The van der Waals surface area contributed by atoms with Crippen LogP contribution in [0.25, 0.3) is 16.9 Å². The lowest BCUT2D eigenvalue weighted by molar-refractivity contribution is -0.115. The fraction of sp³-hybridized carbons (Fsp3) is 0.167. The van der Waals surface area contributed by atoms with E-state index in [4.69, 9.17) is 16.6 Å². The minimum absolute atomic E-state index is 0.0316. The Labute approximate surface area is 180 Å². The summed E-state index contributed by atoms with van der Waals surface area (Å²) >= 11 is 5.99. The highest BCUT2D eigenvalue weighted by Crippen LogP contribution is 2.29. The molecule has 30 heavy (non-hydrogen) atoms. The molecular formula is C24H22ClN3O2. The maximum atomic E-state index is 12.9. The summed E-state index contributed by atoms with van der Waals surface area (Å²) < 4.78 is 1.94. The van der Waals surface area contributed by atoms with E-state index in [1.165, 1.54) is 23.3 Å². The van der Waals surface area contributed by atoms with Gasteiger partial charge in [0.25, 0.3) is 0 Å². The van der Waals surface area contributed by atoms with Crippen molar-refractivity contribution >= 4 is 28.8 Å². The lowest BCUT2D eigenvalue weighted by Gasteiger charge is -2.10. The molecule has 1 amide bonds. The predicted molar refractivity (Wildman–Crippen MR) is 120 cm³/mol. The second-order valence-electron chi connectivity index (χ2n) is 7.52. The predicted octanol–water partition coefficient (Wildman–Crippen LogP) is 5.47. The second kappa shape index (κ2) is 7.84. The number of aromatic hydroxyl groups is 1. The maximum Gasteiger partial charge on any atom is 0.230 e. The number of pyridine rings is 1. The molecule has 0 aliphatic heterocycles. The molecule has 0 aliphatic rings. The number of phenols is 1. The number of hydrogen-bond donors (Lipinski definition) is 2. The van der Waals surface area contributed by atoms with Gasteiger partial charge in [-0.1, -0.05) is 23.7 Å². The van der Waals surface area contributed by atoms with Crippen molar-refractivity contribution in [1.29, 1.82) is 0 Å². The first-order chi connectivity index (χ1) is 14.3. The Morgan fingerprint density at radius 2 is 1.87 bits per heavy atom. The first kappa shape index (κ1) is 20.0. The third-order valence-electron chi connectivity index (χ3n) is 5.22. The SMILES string of the molecule is Cc1ccn2c(CC(=O)Nc3cc(Cl)ccc3O)c(-c3ccc(C)c(C)c3)nc2c1. The van der Waals surface area contributed by atoms with Crippen LogP contribution < -0.4 is 5.32 Å². The summed E-state index contributed by atoms with van der Waals surface area (Å²) in [5.41, 5.74) is 7.06. The van der Waals surface area contributed by atoms with Gasteiger partial charge in [0.15, 0.2) is 0 Å². The summed E-state index contributed by atoms with van der Waals surface area (Å²) in [5.74, 6) is -0.295. The number of benzene rings is 2. The number of amides is 1. The van der Waals surface area contributed by atoms with Gasteiger partial charge in [0, 0.05) is 16.8 Å². The first-order valence-electron chi connectivity index (χ1n) is 9.65. The van der Waals surface area contributed by atoms with Gasteiger partial charge in [-0.05, 0) is 73.9 Å². The van der Waals surface area contributed by atoms with E-state index >= 15 is 0 Å².